The van der Waals surface area contributed by atoms with Crippen molar-refractivity contribution in [3.63, 3.8) is 0 Å². The van der Waals surface area contributed by atoms with Gasteiger partial charge in [-0.1, -0.05) is 30.7 Å². The molecule has 114 valence electrons. The largest absolute Gasteiger partial charge is 0.481 e. The first kappa shape index (κ1) is 16.8. The van der Waals surface area contributed by atoms with Crippen LogP contribution in [0.25, 0.3) is 0 Å². The molecular weight excluding hydrogens is 270 g/mol. The van der Waals surface area contributed by atoms with Crippen molar-refractivity contribution >= 4 is 12.4 Å². The fraction of sp³-hybridized carbons (Fsp3) is 0.375. The molecule has 0 aliphatic heterocycles. The summed E-state index contributed by atoms with van der Waals surface area (Å²) in [5.41, 5.74) is 0. The summed E-state index contributed by atoms with van der Waals surface area (Å²) in [6.07, 6.45) is 5.36. The van der Waals surface area contributed by atoms with E-state index in [0.717, 1.165) is 24.3 Å². The number of amides is 1. The second kappa shape index (κ2) is 9.58. The minimum Gasteiger partial charge on any atom is -0.481 e. The maximum Gasteiger partial charge on any atom is 0.308 e. The highest BCUT2D eigenvalue weighted by atomic mass is 16.7. The Bertz CT molecular complexity index is 447. The van der Waals surface area contributed by atoms with Crippen molar-refractivity contribution in [2.45, 2.75) is 25.7 Å². The maximum absolute atomic E-state index is 11.2. The third kappa shape index (κ3) is 6.61. The predicted molar refractivity (Wildman–Crippen MR) is 79.6 cm³/mol. The molecule has 1 aromatic rings. The van der Waals surface area contributed by atoms with Gasteiger partial charge in [-0.05, 0) is 31.4 Å². The molecule has 1 rings (SSSR count). The van der Waals surface area contributed by atoms with Gasteiger partial charge in [-0.15, -0.1) is 6.58 Å². The van der Waals surface area contributed by atoms with Gasteiger partial charge in [0.15, 0.2) is 5.75 Å². The SMILES string of the molecule is C=CCCCC[C@H](CN(C=O)Oc1ccccc1)C(=O)O. The molecule has 1 aromatic carbocycles. The number of hydrogen-bond acceptors (Lipinski definition) is 3. The van der Waals surface area contributed by atoms with Crippen LogP contribution in [0.4, 0.5) is 0 Å². The summed E-state index contributed by atoms with van der Waals surface area (Å²) in [6.45, 7) is 3.66. The average molecular weight is 291 g/mol. The van der Waals surface area contributed by atoms with E-state index in [-0.39, 0.29) is 6.54 Å². The Kier molecular flexibility index (Phi) is 7.64. The smallest absolute Gasteiger partial charge is 0.308 e. The van der Waals surface area contributed by atoms with Gasteiger partial charge in [-0.3, -0.25) is 9.59 Å². The van der Waals surface area contributed by atoms with Crippen LogP contribution in [0.15, 0.2) is 43.0 Å². The second-order valence-corrected chi connectivity index (χ2v) is 4.72. The molecule has 0 spiro atoms. The van der Waals surface area contributed by atoms with Gasteiger partial charge < -0.3 is 9.94 Å². The second-order valence-electron chi connectivity index (χ2n) is 4.72. The van der Waals surface area contributed by atoms with Crippen molar-refractivity contribution in [2.75, 3.05) is 6.54 Å². The third-order valence-electron chi connectivity index (χ3n) is 3.04. The normalized spacial score (nSPS) is 11.4. The number of carbonyl (C=O) groups excluding carboxylic acids is 1. The number of carbonyl (C=O) groups is 2. The Labute approximate surface area is 124 Å². The van der Waals surface area contributed by atoms with E-state index in [1.165, 1.54) is 0 Å². The topological polar surface area (TPSA) is 66.8 Å². The minimum atomic E-state index is -0.919. The van der Waals surface area contributed by atoms with Crippen LogP contribution in [0.2, 0.25) is 0 Å². The number of unbranched alkanes of at least 4 members (excludes halogenated alkanes) is 2. The lowest BCUT2D eigenvalue weighted by Gasteiger charge is -2.21. The lowest BCUT2D eigenvalue weighted by Crippen LogP contribution is -2.34. The van der Waals surface area contributed by atoms with Crippen molar-refractivity contribution in [3.8, 4) is 5.75 Å². The van der Waals surface area contributed by atoms with E-state index in [0.29, 0.717) is 18.6 Å². The van der Waals surface area contributed by atoms with E-state index in [2.05, 4.69) is 6.58 Å². The van der Waals surface area contributed by atoms with Gasteiger partial charge in [0.2, 0.25) is 6.41 Å². The van der Waals surface area contributed by atoms with Gasteiger partial charge in [-0.25, -0.2) is 0 Å². The van der Waals surface area contributed by atoms with Crippen molar-refractivity contribution in [2.24, 2.45) is 5.92 Å². The summed E-state index contributed by atoms with van der Waals surface area (Å²) in [5, 5.41) is 10.3. The van der Waals surface area contributed by atoms with Gasteiger partial charge >= 0.3 is 5.97 Å². The summed E-state index contributed by atoms with van der Waals surface area (Å²) in [7, 11) is 0. The van der Waals surface area contributed by atoms with Crippen LogP contribution < -0.4 is 4.84 Å². The number of allylic oxidation sites excluding steroid dienone is 1. The first-order valence-electron chi connectivity index (χ1n) is 6.96. The summed E-state index contributed by atoms with van der Waals surface area (Å²) >= 11 is 0. The molecular formula is C16H21NO4. The average Bonchev–Trinajstić information content (AvgIpc) is 2.50. The predicted octanol–water partition coefficient (Wildman–Crippen LogP) is 2.89. The summed E-state index contributed by atoms with van der Waals surface area (Å²) in [6, 6.07) is 8.80. The molecule has 0 saturated heterocycles. The van der Waals surface area contributed by atoms with E-state index >= 15 is 0 Å². The highest BCUT2D eigenvalue weighted by molar-refractivity contribution is 5.70. The van der Waals surface area contributed by atoms with Crippen molar-refractivity contribution in [3.05, 3.63) is 43.0 Å². The first-order valence-corrected chi connectivity index (χ1v) is 6.96. The monoisotopic (exact) mass is 291 g/mol. The van der Waals surface area contributed by atoms with Gasteiger partial charge in [0.05, 0.1) is 12.5 Å². The molecule has 5 heteroatoms. The van der Waals surface area contributed by atoms with E-state index in [1.54, 1.807) is 24.3 Å². The number of para-hydroxylation sites is 1. The molecule has 0 heterocycles. The summed E-state index contributed by atoms with van der Waals surface area (Å²) < 4.78 is 0. The van der Waals surface area contributed by atoms with Gasteiger partial charge in [0, 0.05) is 0 Å². The number of carboxylic acids is 1. The number of nitrogens with zero attached hydrogens (tertiary/aromatic N) is 1. The molecule has 1 amide bonds. The van der Waals surface area contributed by atoms with Crippen LogP contribution >= 0.6 is 0 Å². The van der Waals surface area contributed by atoms with Crippen LogP contribution in [-0.4, -0.2) is 29.1 Å². The Hall–Kier alpha value is -2.30. The Morgan fingerprint density at radius 3 is 2.62 bits per heavy atom. The number of rotatable bonds is 11. The van der Waals surface area contributed by atoms with Gasteiger partial charge in [0.1, 0.15) is 0 Å². The van der Waals surface area contributed by atoms with Crippen LogP contribution in [0.1, 0.15) is 25.7 Å². The van der Waals surface area contributed by atoms with Gasteiger partial charge in [-0.2, -0.15) is 5.06 Å². The van der Waals surface area contributed by atoms with Gasteiger partial charge in [0.25, 0.3) is 0 Å². The molecule has 5 nitrogen and oxygen atoms in total. The molecule has 0 bridgehead atoms. The quantitative estimate of drug-likeness (QED) is 0.295. The number of aliphatic carboxylic acids is 1. The summed E-state index contributed by atoms with van der Waals surface area (Å²) in [4.78, 5) is 27.6. The fourth-order valence-electron chi connectivity index (χ4n) is 1.91. The molecule has 21 heavy (non-hydrogen) atoms. The molecule has 0 aliphatic carbocycles. The maximum atomic E-state index is 11.2. The molecule has 1 atom stereocenters. The van der Waals surface area contributed by atoms with E-state index in [1.807, 2.05) is 12.1 Å². The molecule has 0 radical (unpaired) electrons. The van der Waals surface area contributed by atoms with Crippen molar-refractivity contribution in [1.82, 2.24) is 5.06 Å². The molecule has 0 aromatic heterocycles. The lowest BCUT2D eigenvalue weighted by atomic mass is 10.0. The number of benzene rings is 1. The Balaban J connectivity index is 2.52. The standard InChI is InChI=1S/C16H21NO4/c1-2-3-4-6-9-14(16(19)20)12-17(13-18)21-15-10-7-5-8-11-15/h2,5,7-8,10-11,13-14H,1,3-4,6,9,12H2,(H,19,20)/t14-/m1/s1. The Morgan fingerprint density at radius 2 is 2.05 bits per heavy atom. The summed E-state index contributed by atoms with van der Waals surface area (Å²) in [5.74, 6) is -1.05. The van der Waals surface area contributed by atoms with Crippen molar-refractivity contribution in [1.29, 1.82) is 0 Å². The highest BCUT2D eigenvalue weighted by Crippen LogP contribution is 2.15. The molecule has 1 N–H and O–H groups in total. The number of hydrogen-bond donors (Lipinski definition) is 1. The number of hydroxylamine groups is 2. The minimum absolute atomic E-state index is 0.0296. The highest BCUT2D eigenvalue weighted by Gasteiger charge is 2.21. The Morgan fingerprint density at radius 1 is 1.33 bits per heavy atom. The lowest BCUT2D eigenvalue weighted by molar-refractivity contribution is -0.153. The fourth-order valence-corrected chi connectivity index (χ4v) is 1.91. The molecule has 0 saturated carbocycles. The van der Waals surface area contributed by atoms with Crippen LogP contribution in [-0.2, 0) is 9.59 Å². The third-order valence-corrected chi connectivity index (χ3v) is 3.04. The zero-order valence-electron chi connectivity index (χ0n) is 12.0. The van der Waals surface area contributed by atoms with Crippen molar-refractivity contribution < 1.29 is 19.5 Å². The number of carboxylic acid groups (broad SMARTS) is 1. The zero-order valence-corrected chi connectivity index (χ0v) is 12.0. The van der Waals surface area contributed by atoms with E-state index in [4.69, 9.17) is 4.84 Å². The van der Waals surface area contributed by atoms with Crippen LogP contribution in [0, 0.1) is 5.92 Å². The van der Waals surface area contributed by atoms with Crippen LogP contribution in [0.5, 0.6) is 5.75 Å². The van der Waals surface area contributed by atoms with E-state index < -0.39 is 11.9 Å². The first-order chi connectivity index (χ1) is 10.2. The molecule has 0 unspecified atom stereocenters. The molecule has 0 aliphatic rings. The molecule has 0 fully saturated rings. The van der Waals surface area contributed by atoms with Crippen LogP contribution in [0.3, 0.4) is 0 Å². The zero-order chi connectivity index (χ0) is 15.5. The van der Waals surface area contributed by atoms with E-state index in [9.17, 15) is 14.7 Å².